The van der Waals surface area contributed by atoms with Crippen molar-refractivity contribution in [3.8, 4) is 17.4 Å². The minimum atomic E-state index is -4.58. The van der Waals surface area contributed by atoms with Gasteiger partial charge in [0.05, 0.1) is 15.5 Å². The van der Waals surface area contributed by atoms with Crippen LogP contribution in [-0.4, -0.2) is 10.8 Å². The predicted molar refractivity (Wildman–Crippen MR) is 114 cm³/mol. The van der Waals surface area contributed by atoms with Gasteiger partial charge in [-0.2, -0.15) is 18.4 Å². The maximum atomic E-state index is 13.0. The van der Waals surface area contributed by atoms with Crippen LogP contribution < -0.4 is 5.32 Å². The van der Waals surface area contributed by atoms with E-state index in [2.05, 4.69) is 5.32 Å². The molecule has 0 aliphatic carbocycles. The standard InChI is InChI=1S/C22H13ClF3N3O4/c1-12-2-6-18(19(8-12)29(31)32)28-21(30)13(11-27)9-15-4-7-20(33-15)16-10-14(22(24,25)26)3-5-17(16)23/h2-10H,1H3,(H,28,30)/b13-9+. The fourth-order valence-corrected chi connectivity index (χ4v) is 3.06. The van der Waals surface area contributed by atoms with Crippen LogP contribution in [0.2, 0.25) is 5.02 Å². The topological polar surface area (TPSA) is 109 Å². The molecule has 33 heavy (non-hydrogen) atoms. The number of alkyl halides is 3. The zero-order valence-corrected chi connectivity index (χ0v) is 17.5. The number of anilines is 1. The van der Waals surface area contributed by atoms with Crippen LogP contribution in [0.4, 0.5) is 24.5 Å². The van der Waals surface area contributed by atoms with E-state index in [9.17, 15) is 33.3 Å². The van der Waals surface area contributed by atoms with Gasteiger partial charge in [0.15, 0.2) is 0 Å². The van der Waals surface area contributed by atoms with Gasteiger partial charge < -0.3 is 9.73 Å². The molecule has 3 rings (SSSR count). The third-order valence-electron chi connectivity index (χ3n) is 4.44. The van der Waals surface area contributed by atoms with Crippen molar-refractivity contribution in [2.24, 2.45) is 0 Å². The highest BCUT2D eigenvalue weighted by atomic mass is 35.5. The fourth-order valence-electron chi connectivity index (χ4n) is 2.84. The van der Waals surface area contributed by atoms with Gasteiger partial charge in [0.1, 0.15) is 28.9 Å². The van der Waals surface area contributed by atoms with Gasteiger partial charge >= 0.3 is 6.18 Å². The average molecular weight is 476 g/mol. The van der Waals surface area contributed by atoms with Crippen molar-refractivity contribution in [1.29, 1.82) is 5.26 Å². The van der Waals surface area contributed by atoms with E-state index in [1.165, 1.54) is 24.3 Å². The molecule has 0 bridgehead atoms. The number of halogens is 4. The van der Waals surface area contributed by atoms with Crippen molar-refractivity contribution in [3.05, 3.63) is 86.1 Å². The molecule has 1 aromatic heterocycles. The second kappa shape index (κ2) is 9.18. The van der Waals surface area contributed by atoms with Gasteiger partial charge in [-0.05, 0) is 48.9 Å². The molecule has 0 spiro atoms. The number of nitriles is 1. The van der Waals surface area contributed by atoms with Crippen molar-refractivity contribution in [1.82, 2.24) is 0 Å². The lowest BCUT2D eigenvalue weighted by Gasteiger charge is -2.09. The van der Waals surface area contributed by atoms with Crippen molar-refractivity contribution in [3.63, 3.8) is 0 Å². The molecule has 0 fully saturated rings. The number of benzene rings is 2. The number of nitrogens with one attached hydrogen (secondary N) is 1. The first kappa shape index (κ1) is 23.6. The molecule has 0 saturated carbocycles. The number of nitro benzene ring substituents is 1. The van der Waals surface area contributed by atoms with Crippen molar-refractivity contribution in [2.75, 3.05) is 5.32 Å². The van der Waals surface area contributed by atoms with Crippen LogP contribution >= 0.6 is 11.6 Å². The Kier molecular flexibility index (Phi) is 6.55. The second-order valence-electron chi connectivity index (χ2n) is 6.80. The van der Waals surface area contributed by atoms with Gasteiger partial charge in [-0.25, -0.2) is 0 Å². The van der Waals surface area contributed by atoms with Crippen LogP contribution in [0, 0.1) is 28.4 Å². The number of hydrogen-bond acceptors (Lipinski definition) is 5. The Balaban J connectivity index is 1.89. The van der Waals surface area contributed by atoms with Crippen molar-refractivity contribution >= 4 is 35.0 Å². The molecular weight excluding hydrogens is 463 g/mol. The summed E-state index contributed by atoms with van der Waals surface area (Å²) in [7, 11) is 0. The largest absolute Gasteiger partial charge is 0.457 e. The van der Waals surface area contributed by atoms with Gasteiger partial charge in [0.2, 0.25) is 0 Å². The van der Waals surface area contributed by atoms with E-state index in [0.717, 1.165) is 24.3 Å². The summed E-state index contributed by atoms with van der Waals surface area (Å²) in [6, 6.07) is 11.2. The van der Waals surface area contributed by atoms with Gasteiger partial charge in [-0.3, -0.25) is 14.9 Å². The highest BCUT2D eigenvalue weighted by Gasteiger charge is 2.31. The lowest BCUT2D eigenvalue weighted by atomic mass is 10.1. The van der Waals surface area contributed by atoms with Crippen molar-refractivity contribution in [2.45, 2.75) is 13.1 Å². The quantitative estimate of drug-likeness (QED) is 0.199. The van der Waals surface area contributed by atoms with Crippen LogP contribution in [0.1, 0.15) is 16.9 Å². The molecular formula is C22H13ClF3N3O4. The van der Waals surface area contributed by atoms with Gasteiger partial charge in [-0.15, -0.1) is 0 Å². The Morgan fingerprint density at radius 2 is 1.94 bits per heavy atom. The monoisotopic (exact) mass is 475 g/mol. The van der Waals surface area contributed by atoms with Crippen LogP contribution in [0.25, 0.3) is 17.4 Å². The summed E-state index contributed by atoms with van der Waals surface area (Å²) < 4.78 is 44.5. The zero-order valence-electron chi connectivity index (χ0n) is 16.7. The van der Waals surface area contributed by atoms with Crippen LogP contribution in [0.15, 0.2) is 58.5 Å². The van der Waals surface area contributed by atoms with E-state index in [-0.39, 0.29) is 33.5 Å². The molecule has 0 aliphatic rings. The van der Waals surface area contributed by atoms with E-state index in [4.69, 9.17) is 16.0 Å². The molecule has 3 aromatic rings. The predicted octanol–water partition coefficient (Wildman–Crippen LogP) is 6.38. The van der Waals surface area contributed by atoms with Crippen LogP contribution in [-0.2, 0) is 11.0 Å². The molecule has 1 amide bonds. The number of nitrogens with zero attached hydrogens (tertiary/aromatic N) is 2. The maximum Gasteiger partial charge on any atom is 0.416 e. The minimum absolute atomic E-state index is 0.00998. The molecule has 2 aromatic carbocycles. The Labute approximate surface area is 189 Å². The van der Waals surface area contributed by atoms with Gasteiger partial charge in [0.25, 0.3) is 11.6 Å². The molecule has 1 N–H and O–H groups in total. The summed E-state index contributed by atoms with van der Waals surface area (Å²) in [6.07, 6.45) is -3.53. The first-order valence-corrected chi connectivity index (χ1v) is 9.52. The number of hydrogen-bond donors (Lipinski definition) is 1. The molecule has 0 radical (unpaired) electrons. The molecule has 1 heterocycles. The molecule has 0 unspecified atom stereocenters. The zero-order chi connectivity index (χ0) is 24.3. The summed E-state index contributed by atoms with van der Waals surface area (Å²) in [5, 5.41) is 22.9. The Morgan fingerprint density at radius 3 is 2.58 bits per heavy atom. The van der Waals surface area contributed by atoms with E-state index in [0.29, 0.717) is 5.56 Å². The number of amides is 1. The summed E-state index contributed by atoms with van der Waals surface area (Å²) in [5.41, 5.74) is -1.24. The molecule has 0 aliphatic heterocycles. The SMILES string of the molecule is Cc1ccc(NC(=O)/C(C#N)=C/c2ccc(-c3cc(C(F)(F)F)ccc3Cl)o2)c([N+](=O)[O-])c1. The Bertz CT molecular complexity index is 1320. The Hall–Kier alpha value is -4.10. The van der Waals surface area contributed by atoms with Crippen molar-refractivity contribution < 1.29 is 27.3 Å². The van der Waals surface area contributed by atoms with Crippen LogP contribution in [0.3, 0.4) is 0 Å². The summed E-state index contributed by atoms with van der Waals surface area (Å²) in [6.45, 7) is 1.64. The third-order valence-corrected chi connectivity index (χ3v) is 4.77. The van der Waals surface area contributed by atoms with Gasteiger partial charge in [-0.1, -0.05) is 17.7 Å². The number of rotatable bonds is 5. The highest BCUT2D eigenvalue weighted by molar-refractivity contribution is 6.33. The summed E-state index contributed by atoms with van der Waals surface area (Å²) in [4.78, 5) is 23.0. The summed E-state index contributed by atoms with van der Waals surface area (Å²) in [5.74, 6) is -0.952. The first-order valence-electron chi connectivity index (χ1n) is 9.14. The summed E-state index contributed by atoms with van der Waals surface area (Å²) >= 11 is 6.00. The molecule has 7 nitrogen and oxygen atoms in total. The lowest BCUT2D eigenvalue weighted by molar-refractivity contribution is -0.384. The number of carbonyl (C=O) groups is 1. The fraction of sp³-hybridized carbons (Fsp3) is 0.0909. The molecule has 0 atom stereocenters. The number of furan rings is 1. The number of nitro groups is 1. The van der Waals surface area contributed by atoms with E-state index < -0.39 is 28.1 Å². The molecule has 11 heteroatoms. The molecule has 168 valence electrons. The highest BCUT2D eigenvalue weighted by Crippen LogP contribution is 2.36. The van der Waals surface area contributed by atoms with E-state index in [1.807, 2.05) is 0 Å². The normalized spacial score (nSPS) is 11.7. The smallest absolute Gasteiger partial charge is 0.416 e. The van der Waals surface area contributed by atoms with Crippen LogP contribution in [0.5, 0.6) is 0 Å². The van der Waals surface area contributed by atoms with E-state index in [1.54, 1.807) is 19.1 Å². The van der Waals surface area contributed by atoms with E-state index >= 15 is 0 Å². The Morgan fingerprint density at radius 1 is 1.21 bits per heavy atom. The molecule has 0 saturated heterocycles. The first-order chi connectivity index (χ1) is 15.5. The lowest BCUT2D eigenvalue weighted by Crippen LogP contribution is -2.14. The third kappa shape index (κ3) is 5.39. The number of aryl methyl sites for hydroxylation is 1. The minimum Gasteiger partial charge on any atom is -0.457 e. The average Bonchev–Trinajstić information content (AvgIpc) is 3.20. The van der Waals surface area contributed by atoms with Gasteiger partial charge in [0, 0.05) is 17.7 Å². The second-order valence-corrected chi connectivity index (χ2v) is 7.20. The maximum absolute atomic E-state index is 13.0. The number of carbonyl (C=O) groups excluding carboxylic acids is 1.